The summed E-state index contributed by atoms with van der Waals surface area (Å²) in [5, 5.41) is 2.63. The van der Waals surface area contributed by atoms with Crippen LogP contribution >= 0.6 is 0 Å². The van der Waals surface area contributed by atoms with Crippen LogP contribution in [0.4, 0.5) is 10.1 Å². The topological polar surface area (TPSA) is 75.7 Å². The molecule has 6 nitrogen and oxygen atoms in total. The lowest BCUT2D eigenvalue weighted by Gasteiger charge is -2.28. The highest BCUT2D eigenvalue weighted by molar-refractivity contribution is 5.99. The number of carbonyl (C=O) groups excluding carboxylic acids is 3. The Labute approximate surface area is 133 Å². The van der Waals surface area contributed by atoms with Gasteiger partial charge in [-0.3, -0.25) is 19.3 Å². The van der Waals surface area contributed by atoms with Crippen LogP contribution in [0.3, 0.4) is 0 Å². The summed E-state index contributed by atoms with van der Waals surface area (Å²) in [5.41, 5.74) is 1.55. The third-order valence-corrected chi connectivity index (χ3v) is 3.47. The standard InChI is InChI=1S/C16H19FN2O4/c17-8-10-23-11-14(20)18-13-4-1-12(2-5-13)3-6-15(21)19-9-7-16(19)22/h1-2,4-5H,3,6-11H2,(H,18,20). The lowest BCUT2D eigenvalue weighted by atomic mass is 10.1. The van der Waals surface area contributed by atoms with Crippen molar-refractivity contribution in [3.63, 3.8) is 0 Å². The molecule has 7 heteroatoms. The van der Waals surface area contributed by atoms with Gasteiger partial charge in [-0.25, -0.2) is 4.39 Å². The molecular weight excluding hydrogens is 303 g/mol. The second kappa shape index (κ2) is 8.38. The van der Waals surface area contributed by atoms with Gasteiger partial charge in [0.2, 0.25) is 17.7 Å². The minimum Gasteiger partial charge on any atom is -0.369 e. The van der Waals surface area contributed by atoms with Crippen LogP contribution < -0.4 is 5.32 Å². The summed E-state index contributed by atoms with van der Waals surface area (Å²) in [4.78, 5) is 35.7. The van der Waals surface area contributed by atoms with Gasteiger partial charge in [-0.15, -0.1) is 0 Å². The van der Waals surface area contributed by atoms with Gasteiger partial charge < -0.3 is 10.1 Å². The average Bonchev–Trinajstić information content (AvgIpc) is 2.53. The Morgan fingerprint density at radius 1 is 1.26 bits per heavy atom. The van der Waals surface area contributed by atoms with Crippen LogP contribution in [0.1, 0.15) is 18.4 Å². The highest BCUT2D eigenvalue weighted by Gasteiger charge is 2.29. The first-order chi connectivity index (χ1) is 11.1. The number of hydrogen-bond donors (Lipinski definition) is 1. The number of halogens is 1. The molecule has 0 unspecified atom stereocenters. The molecule has 1 fully saturated rings. The average molecular weight is 322 g/mol. The van der Waals surface area contributed by atoms with E-state index in [1.807, 2.05) is 12.1 Å². The van der Waals surface area contributed by atoms with E-state index >= 15 is 0 Å². The fourth-order valence-electron chi connectivity index (χ4n) is 2.14. The van der Waals surface area contributed by atoms with E-state index in [0.717, 1.165) is 5.56 Å². The molecule has 1 aliphatic heterocycles. The zero-order valence-corrected chi connectivity index (χ0v) is 12.7. The predicted octanol–water partition coefficient (Wildman–Crippen LogP) is 1.30. The maximum atomic E-state index is 11.8. The highest BCUT2D eigenvalue weighted by atomic mass is 19.1. The summed E-state index contributed by atoms with van der Waals surface area (Å²) in [7, 11) is 0. The smallest absolute Gasteiger partial charge is 0.250 e. The first-order valence-corrected chi connectivity index (χ1v) is 7.46. The molecule has 1 N–H and O–H groups in total. The lowest BCUT2D eigenvalue weighted by Crippen LogP contribution is -2.47. The molecular formula is C16H19FN2O4. The van der Waals surface area contributed by atoms with Gasteiger partial charge >= 0.3 is 0 Å². The molecule has 1 aromatic carbocycles. The number of amides is 3. The van der Waals surface area contributed by atoms with Crippen LogP contribution in [0.25, 0.3) is 0 Å². The molecule has 0 aromatic heterocycles. The van der Waals surface area contributed by atoms with Crippen LogP contribution in [0, 0.1) is 0 Å². The Kier molecular flexibility index (Phi) is 6.22. The van der Waals surface area contributed by atoms with Crippen molar-refractivity contribution in [2.75, 3.05) is 31.7 Å². The molecule has 23 heavy (non-hydrogen) atoms. The predicted molar refractivity (Wildman–Crippen MR) is 81.5 cm³/mol. The molecule has 1 heterocycles. The molecule has 124 valence electrons. The van der Waals surface area contributed by atoms with Gasteiger partial charge in [0.25, 0.3) is 0 Å². The number of imide groups is 1. The Balaban J connectivity index is 1.74. The third-order valence-electron chi connectivity index (χ3n) is 3.47. The molecule has 1 aromatic rings. The van der Waals surface area contributed by atoms with Gasteiger partial charge in [0.05, 0.1) is 6.61 Å². The number of carbonyl (C=O) groups is 3. The number of nitrogens with zero attached hydrogens (tertiary/aromatic N) is 1. The quantitative estimate of drug-likeness (QED) is 0.578. The molecule has 1 saturated heterocycles. The minimum atomic E-state index is -0.621. The van der Waals surface area contributed by atoms with E-state index < -0.39 is 6.67 Å². The second-order valence-corrected chi connectivity index (χ2v) is 5.18. The third kappa shape index (κ3) is 5.14. The van der Waals surface area contributed by atoms with Gasteiger partial charge in [0.1, 0.15) is 13.3 Å². The van der Waals surface area contributed by atoms with Crippen LogP contribution in [-0.2, 0) is 25.5 Å². The van der Waals surface area contributed by atoms with Crippen molar-refractivity contribution < 1.29 is 23.5 Å². The molecule has 0 radical (unpaired) electrons. The van der Waals surface area contributed by atoms with E-state index in [0.29, 0.717) is 25.1 Å². The van der Waals surface area contributed by atoms with Gasteiger partial charge in [-0.1, -0.05) is 12.1 Å². The van der Waals surface area contributed by atoms with Gasteiger partial charge in [-0.2, -0.15) is 0 Å². The zero-order chi connectivity index (χ0) is 16.7. The summed E-state index contributed by atoms with van der Waals surface area (Å²) in [6.45, 7) is -0.388. The number of anilines is 1. The van der Waals surface area contributed by atoms with Crippen molar-refractivity contribution in [3.8, 4) is 0 Å². The Bertz CT molecular complexity index is 574. The van der Waals surface area contributed by atoms with Crippen molar-refractivity contribution in [1.29, 1.82) is 0 Å². The SMILES string of the molecule is O=C(COCCF)Nc1ccc(CCC(=O)N2CCC2=O)cc1. The number of alkyl halides is 1. The number of ether oxygens (including phenoxy) is 1. The van der Waals surface area contributed by atoms with E-state index in [1.54, 1.807) is 12.1 Å². The van der Waals surface area contributed by atoms with Crippen LogP contribution in [0.15, 0.2) is 24.3 Å². The zero-order valence-electron chi connectivity index (χ0n) is 12.7. The number of nitrogens with one attached hydrogen (secondary N) is 1. The van der Waals surface area contributed by atoms with Crippen molar-refractivity contribution >= 4 is 23.4 Å². The first kappa shape index (κ1) is 17.1. The van der Waals surface area contributed by atoms with E-state index in [9.17, 15) is 18.8 Å². The van der Waals surface area contributed by atoms with E-state index in [1.165, 1.54) is 4.90 Å². The van der Waals surface area contributed by atoms with Crippen molar-refractivity contribution in [1.82, 2.24) is 4.90 Å². The molecule has 3 amide bonds. The normalized spacial score (nSPS) is 13.6. The molecule has 0 spiro atoms. The van der Waals surface area contributed by atoms with Crippen molar-refractivity contribution in [3.05, 3.63) is 29.8 Å². The maximum absolute atomic E-state index is 11.8. The van der Waals surface area contributed by atoms with Crippen molar-refractivity contribution in [2.24, 2.45) is 0 Å². The molecule has 1 aliphatic rings. The number of benzene rings is 1. The van der Waals surface area contributed by atoms with Crippen molar-refractivity contribution in [2.45, 2.75) is 19.3 Å². The van der Waals surface area contributed by atoms with Crippen LogP contribution in [0.2, 0.25) is 0 Å². The fourth-order valence-corrected chi connectivity index (χ4v) is 2.14. The summed E-state index contributed by atoms with van der Waals surface area (Å²) < 4.78 is 16.6. The van der Waals surface area contributed by atoms with Gasteiger partial charge in [0, 0.05) is 25.1 Å². The fraction of sp³-hybridized carbons (Fsp3) is 0.438. The lowest BCUT2D eigenvalue weighted by molar-refractivity contribution is -0.152. The maximum Gasteiger partial charge on any atom is 0.250 e. The Morgan fingerprint density at radius 2 is 2.00 bits per heavy atom. The van der Waals surface area contributed by atoms with Gasteiger partial charge in [0.15, 0.2) is 0 Å². The Morgan fingerprint density at radius 3 is 2.57 bits per heavy atom. The first-order valence-electron chi connectivity index (χ1n) is 7.46. The monoisotopic (exact) mass is 322 g/mol. The van der Waals surface area contributed by atoms with E-state index in [4.69, 9.17) is 4.74 Å². The summed E-state index contributed by atoms with van der Waals surface area (Å²) >= 11 is 0. The van der Waals surface area contributed by atoms with E-state index in [-0.39, 0.29) is 37.4 Å². The summed E-state index contributed by atoms with van der Waals surface area (Å²) in [5.74, 6) is -0.607. The number of β-lactam (4-membered cyclic amide) rings is 1. The van der Waals surface area contributed by atoms with E-state index in [2.05, 4.69) is 5.32 Å². The number of hydrogen-bond acceptors (Lipinski definition) is 4. The number of aryl methyl sites for hydroxylation is 1. The summed E-state index contributed by atoms with van der Waals surface area (Å²) in [6.07, 6.45) is 1.28. The molecule has 0 aliphatic carbocycles. The van der Waals surface area contributed by atoms with Gasteiger partial charge in [-0.05, 0) is 24.1 Å². The minimum absolute atomic E-state index is 0.0973. The largest absolute Gasteiger partial charge is 0.369 e. The number of likely N-dealkylation sites (tertiary alicyclic amines) is 1. The highest BCUT2D eigenvalue weighted by Crippen LogP contribution is 2.14. The Hall–Kier alpha value is -2.28. The summed E-state index contributed by atoms with van der Waals surface area (Å²) in [6, 6.07) is 7.07. The molecule has 2 rings (SSSR count). The second-order valence-electron chi connectivity index (χ2n) is 5.18. The molecule has 0 atom stereocenters. The molecule has 0 saturated carbocycles. The van der Waals surface area contributed by atoms with Crippen LogP contribution in [-0.4, -0.2) is 49.1 Å². The number of rotatable bonds is 8. The molecule has 0 bridgehead atoms. The van der Waals surface area contributed by atoms with Crippen LogP contribution in [0.5, 0.6) is 0 Å².